The Morgan fingerprint density at radius 1 is 1.04 bits per heavy atom. The Morgan fingerprint density at radius 2 is 1.68 bits per heavy atom. The Balaban J connectivity index is 1.88. The first-order valence-corrected chi connectivity index (χ1v) is 9.24. The Morgan fingerprint density at radius 3 is 2.32 bits per heavy atom. The third-order valence-electron chi connectivity index (χ3n) is 6.01. The lowest BCUT2D eigenvalue weighted by Crippen LogP contribution is -2.39. The van der Waals surface area contributed by atoms with Gasteiger partial charge in [-0.2, -0.15) is 0 Å². The number of fused-ring (bicyclic) bond motifs is 2. The number of nitrogen functional groups attached to an aromatic ring is 2. The number of aryl methyl sites for hydroxylation is 1. The lowest BCUT2D eigenvalue weighted by Gasteiger charge is -2.35. The molecule has 4 rings (SSSR count). The second kappa shape index (κ2) is 5.70. The number of nitrogens with zero attached hydrogens (tertiary/aromatic N) is 2. The van der Waals surface area contributed by atoms with Crippen molar-refractivity contribution in [3.8, 4) is 11.4 Å². The van der Waals surface area contributed by atoms with Crippen molar-refractivity contribution in [1.29, 1.82) is 0 Å². The quantitative estimate of drug-likeness (QED) is 0.737. The maximum atomic E-state index is 6.02. The summed E-state index contributed by atoms with van der Waals surface area (Å²) >= 11 is 0. The van der Waals surface area contributed by atoms with Crippen LogP contribution in [0.2, 0.25) is 0 Å². The summed E-state index contributed by atoms with van der Waals surface area (Å²) in [6, 6.07) is 4.83. The van der Waals surface area contributed by atoms with E-state index in [-0.39, 0.29) is 5.54 Å². The van der Waals surface area contributed by atoms with Gasteiger partial charge in [0.1, 0.15) is 11.6 Å². The summed E-state index contributed by atoms with van der Waals surface area (Å²) in [5.41, 5.74) is 18.1. The maximum absolute atomic E-state index is 6.02. The average molecular weight is 337 g/mol. The molecule has 0 radical (unpaired) electrons. The molecular formula is C20H27N5. The van der Waals surface area contributed by atoms with Gasteiger partial charge in [0.15, 0.2) is 5.82 Å². The number of nitrogens with one attached hydrogen (secondary N) is 1. The van der Waals surface area contributed by atoms with Gasteiger partial charge < -0.3 is 16.8 Å². The Bertz CT molecular complexity index is 813. The molecule has 2 aromatic rings. The molecule has 1 aliphatic carbocycles. The number of nitrogens with two attached hydrogens (primary N) is 2. The molecule has 1 aromatic carbocycles. The molecule has 2 heterocycles. The number of hydrogen-bond donors (Lipinski definition) is 3. The van der Waals surface area contributed by atoms with Crippen molar-refractivity contribution in [2.75, 3.05) is 11.5 Å². The van der Waals surface area contributed by atoms with E-state index in [1.807, 2.05) is 6.92 Å². The lowest BCUT2D eigenvalue weighted by molar-refractivity contribution is 0.238. The van der Waals surface area contributed by atoms with Gasteiger partial charge >= 0.3 is 0 Å². The number of aromatic nitrogens is 2. The summed E-state index contributed by atoms with van der Waals surface area (Å²) in [6.07, 6.45) is 6.30. The van der Waals surface area contributed by atoms with Crippen molar-refractivity contribution < 1.29 is 0 Å². The summed E-state index contributed by atoms with van der Waals surface area (Å²) in [5.74, 6) is 1.54. The molecule has 1 atom stereocenters. The predicted molar refractivity (Wildman–Crippen MR) is 102 cm³/mol. The molecule has 1 unspecified atom stereocenters. The molecule has 5 heteroatoms. The van der Waals surface area contributed by atoms with Crippen LogP contribution in [-0.2, 0) is 5.54 Å². The molecule has 0 amide bonds. The van der Waals surface area contributed by atoms with Gasteiger partial charge in [-0.05, 0) is 62.4 Å². The van der Waals surface area contributed by atoms with E-state index in [0.29, 0.717) is 23.5 Å². The van der Waals surface area contributed by atoms with Crippen LogP contribution < -0.4 is 16.8 Å². The van der Waals surface area contributed by atoms with Crippen molar-refractivity contribution in [1.82, 2.24) is 15.3 Å². The average Bonchev–Trinajstić information content (AvgIpc) is 2.85. The van der Waals surface area contributed by atoms with Crippen LogP contribution in [0.25, 0.3) is 11.4 Å². The second-order valence-electron chi connectivity index (χ2n) is 7.71. The first kappa shape index (κ1) is 16.3. The molecule has 132 valence electrons. The van der Waals surface area contributed by atoms with Gasteiger partial charge in [-0.15, -0.1) is 0 Å². The van der Waals surface area contributed by atoms with Crippen LogP contribution in [0.3, 0.4) is 0 Å². The fourth-order valence-electron chi connectivity index (χ4n) is 4.71. The van der Waals surface area contributed by atoms with E-state index in [4.69, 9.17) is 11.5 Å². The highest BCUT2D eigenvalue weighted by molar-refractivity contribution is 5.66. The second-order valence-corrected chi connectivity index (χ2v) is 7.71. The van der Waals surface area contributed by atoms with Crippen molar-refractivity contribution in [3.05, 3.63) is 34.4 Å². The highest BCUT2D eigenvalue weighted by atomic mass is 15.0. The summed E-state index contributed by atoms with van der Waals surface area (Å²) in [6.45, 7) is 6.31. The first-order chi connectivity index (χ1) is 11.9. The van der Waals surface area contributed by atoms with Crippen molar-refractivity contribution in [2.24, 2.45) is 0 Å². The van der Waals surface area contributed by atoms with Gasteiger partial charge in [-0.1, -0.05) is 19.3 Å². The summed E-state index contributed by atoms with van der Waals surface area (Å²) in [4.78, 5) is 8.98. The van der Waals surface area contributed by atoms with Crippen molar-refractivity contribution >= 4 is 11.6 Å². The standard InChI is InChI=1S/C20H27N5/c1-11-9-14(19-23-17(21)12(2)18(22)24-19)10-15-16(11)13(3)25-20(15)7-5-4-6-8-20/h9-10,13,25H,4-8H2,1-3H3,(H4,21,22,23,24). The molecule has 25 heavy (non-hydrogen) atoms. The summed E-state index contributed by atoms with van der Waals surface area (Å²) in [7, 11) is 0. The molecule has 1 aromatic heterocycles. The van der Waals surface area contributed by atoms with E-state index >= 15 is 0 Å². The van der Waals surface area contributed by atoms with Crippen LogP contribution in [-0.4, -0.2) is 9.97 Å². The number of anilines is 2. The molecule has 5 nitrogen and oxygen atoms in total. The summed E-state index contributed by atoms with van der Waals surface area (Å²) in [5, 5.41) is 3.90. The minimum absolute atomic E-state index is 0.107. The number of rotatable bonds is 1. The van der Waals surface area contributed by atoms with E-state index in [9.17, 15) is 0 Å². The maximum Gasteiger partial charge on any atom is 0.163 e. The fourth-order valence-corrected chi connectivity index (χ4v) is 4.71. The van der Waals surface area contributed by atoms with Gasteiger partial charge in [-0.25, -0.2) is 9.97 Å². The van der Waals surface area contributed by atoms with Crippen LogP contribution in [0, 0.1) is 13.8 Å². The highest BCUT2D eigenvalue weighted by Crippen LogP contribution is 2.48. The summed E-state index contributed by atoms with van der Waals surface area (Å²) < 4.78 is 0. The molecule has 1 fully saturated rings. The predicted octanol–water partition coefficient (Wildman–Crippen LogP) is 3.75. The minimum Gasteiger partial charge on any atom is -0.383 e. The van der Waals surface area contributed by atoms with Gasteiger partial charge in [0, 0.05) is 22.7 Å². The van der Waals surface area contributed by atoms with E-state index in [2.05, 4.69) is 41.3 Å². The van der Waals surface area contributed by atoms with E-state index in [0.717, 1.165) is 11.1 Å². The Hall–Kier alpha value is -2.14. The molecule has 1 saturated carbocycles. The Kier molecular flexibility index (Phi) is 3.72. The third kappa shape index (κ3) is 2.49. The van der Waals surface area contributed by atoms with Gasteiger partial charge in [0.25, 0.3) is 0 Å². The van der Waals surface area contributed by atoms with Crippen LogP contribution in [0.5, 0.6) is 0 Å². The van der Waals surface area contributed by atoms with Crippen molar-refractivity contribution in [2.45, 2.75) is 64.5 Å². The van der Waals surface area contributed by atoms with Crippen LogP contribution in [0.15, 0.2) is 12.1 Å². The smallest absolute Gasteiger partial charge is 0.163 e. The first-order valence-electron chi connectivity index (χ1n) is 9.24. The van der Waals surface area contributed by atoms with Crippen molar-refractivity contribution in [3.63, 3.8) is 0 Å². The Labute approximate surface area is 149 Å². The van der Waals surface area contributed by atoms with Crippen LogP contribution in [0.1, 0.15) is 67.3 Å². The minimum atomic E-state index is 0.107. The molecule has 1 aliphatic heterocycles. The SMILES string of the molecule is Cc1cc(-c2nc(N)c(C)c(N)n2)cc2c1C(C)NC21CCCCC1. The largest absolute Gasteiger partial charge is 0.383 e. The normalized spacial score (nSPS) is 21.5. The van der Waals surface area contributed by atoms with Crippen LogP contribution >= 0.6 is 0 Å². The molecular weight excluding hydrogens is 310 g/mol. The van der Waals surface area contributed by atoms with E-state index < -0.39 is 0 Å². The number of benzene rings is 1. The zero-order chi connectivity index (χ0) is 17.8. The van der Waals surface area contributed by atoms with Crippen LogP contribution in [0.4, 0.5) is 11.6 Å². The van der Waals surface area contributed by atoms with Gasteiger partial charge in [-0.3, -0.25) is 0 Å². The molecule has 5 N–H and O–H groups in total. The van der Waals surface area contributed by atoms with E-state index in [1.165, 1.54) is 48.8 Å². The zero-order valence-corrected chi connectivity index (χ0v) is 15.3. The van der Waals surface area contributed by atoms with Gasteiger partial charge in [0.05, 0.1) is 0 Å². The third-order valence-corrected chi connectivity index (χ3v) is 6.01. The monoisotopic (exact) mass is 337 g/mol. The molecule has 1 spiro atoms. The number of hydrogen-bond acceptors (Lipinski definition) is 5. The zero-order valence-electron chi connectivity index (χ0n) is 15.3. The molecule has 0 bridgehead atoms. The fraction of sp³-hybridized carbons (Fsp3) is 0.500. The highest BCUT2D eigenvalue weighted by Gasteiger charge is 2.43. The molecule has 2 aliphatic rings. The lowest BCUT2D eigenvalue weighted by atomic mass is 9.76. The van der Waals surface area contributed by atoms with Gasteiger partial charge in [0.2, 0.25) is 0 Å². The topological polar surface area (TPSA) is 89.8 Å². The molecule has 0 saturated heterocycles. The van der Waals surface area contributed by atoms with E-state index in [1.54, 1.807) is 0 Å².